The fourth-order valence-corrected chi connectivity index (χ4v) is 3.54. The van der Waals surface area contributed by atoms with E-state index in [1.807, 2.05) is 47.0 Å². The van der Waals surface area contributed by atoms with Crippen molar-refractivity contribution in [3.63, 3.8) is 0 Å². The molecule has 2 amide bonds. The van der Waals surface area contributed by atoms with E-state index in [1.54, 1.807) is 36.3 Å². The van der Waals surface area contributed by atoms with Gasteiger partial charge in [0.25, 0.3) is 0 Å². The number of carbonyl (C=O) groups excluding carboxylic acids is 1. The number of imidazole rings is 1. The maximum absolute atomic E-state index is 12.9. The highest BCUT2D eigenvalue weighted by atomic mass is 32.1. The number of aryl methyl sites for hydroxylation is 2. The molecule has 0 saturated carbocycles. The molecule has 3 aromatic heterocycles. The molecule has 0 radical (unpaired) electrons. The number of urea groups is 1. The van der Waals surface area contributed by atoms with Crippen LogP contribution in [0.15, 0.2) is 48.6 Å². The first kappa shape index (κ1) is 19.0. The molecule has 7 nitrogen and oxygen atoms in total. The molecule has 0 saturated heterocycles. The fourth-order valence-electron chi connectivity index (χ4n) is 2.74. The van der Waals surface area contributed by atoms with Gasteiger partial charge < -0.3 is 14.8 Å². The lowest BCUT2D eigenvalue weighted by Gasteiger charge is -2.25. The molecule has 3 aromatic rings. The highest BCUT2D eigenvalue weighted by molar-refractivity contribution is 7.09. The van der Waals surface area contributed by atoms with Crippen LogP contribution in [0.3, 0.4) is 0 Å². The first-order chi connectivity index (χ1) is 13.1. The van der Waals surface area contributed by atoms with Crippen molar-refractivity contribution in [1.29, 1.82) is 0 Å². The van der Waals surface area contributed by atoms with Crippen LogP contribution in [0.1, 0.15) is 35.7 Å². The Bertz CT molecular complexity index is 833. The molecular weight excluding hydrogens is 360 g/mol. The third-order valence-electron chi connectivity index (χ3n) is 4.13. The van der Waals surface area contributed by atoms with E-state index in [1.165, 1.54) is 0 Å². The molecule has 8 heteroatoms. The zero-order chi connectivity index (χ0) is 19.1. The quantitative estimate of drug-likeness (QED) is 0.646. The average Bonchev–Trinajstić information content (AvgIpc) is 3.33. The average molecular weight is 385 g/mol. The van der Waals surface area contributed by atoms with Crippen LogP contribution >= 0.6 is 11.3 Å². The van der Waals surface area contributed by atoms with Crippen molar-refractivity contribution in [1.82, 2.24) is 29.7 Å². The van der Waals surface area contributed by atoms with E-state index in [0.717, 1.165) is 29.2 Å². The number of hydrogen-bond donors (Lipinski definition) is 1. The molecule has 1 N–H and O–H groups in total. The Hall–Kier alpha value is -2.74. The number of nitrogens with zero attached hydrogens (tertiary/aromatic N) is 5. The largest absolute Gasteiger partial charge is 0.337 e. The van der Waals surface area contributed by atoms with Crippen LogP contribution in [-0.2, 0) is 13.1 Å². The maximum Gasteiger partial charge on any atom is 0.318 e. The van der Waals surface area contributed by atoms with Crippen LogP contribution in [0.25, 0.3) is 0 Å². The molecule has 0 aromatic carbocycles. The Labute approximate surface area is 163 Å². The van der Waals surface area contributed by atoms with Crippen LogP contribution in [0.5, 0.6) is 0 Å². The second-order valence-corrected chi connectivity index (χ2v) is 7.32. The van der Waals surface area contributed by atoms with Gasteiger partial charge in [-0.15, -0.1) is 11.3 Å². The molecule has 1 atom stereocenters. The van der Waals surface area contributed by atoms with Crippen LogP contribution in [-0.4, -0.2) is 37.0 Å². The number of carbonyl (C=O) groups is 1. The first-order valence-electron chi connectivity index (χ1n) is 8.94. The van der Waals surface area contributed by atoms with Gasteiger partial charge in [-0.1, -0.05) is 6.07 Å². The lowest BCUT2D eigenvalue weighted by molar-refractivity contribution is 0.190. The van der Waals surface area contributed by atoms with Gasteiger partial charge in [0.05, 0.1) is 12.4 Å². The van der Waals surface area contributed by atoms with Gasteiger partial charge in [0.15, 0.2) is 0 Å². The molecule has 3 rings (SSSR count). The Morgan fingerprint density at radius 1 is 1.37 bits per heavy atom. The minimum absolute atomic E-state index is 0.0927. The summed E-state index contributed by atoms with van der Waals surface area (Å²) in [5.74, 6) is 0. The molecule has 0 fully saturated rings. The minimum atomic E-state index is -0.124. The van der Waals surface area contributed by atoms with Crippen molar-refractivity contribution >= 4 is 17.4 Å². The molecular formula is C19H24N6OS. The van der Waals surface area contributed by atoms with Crippen molar-refractivity contribution in [2.24, 2.45) is 0 Å². The number of hydrogen-bond acceptors (Lipinski definition) is 5. The fraction of sp³-hybridized carbons (Fsp3) is 0.368. The summed E-state index contributed by atoms with van der Waals surface area (Å²) in [5, 5.41) is 5.98. The lowest BCUT2D eigenvalue weighted by Crippen LogP contribution is -2.41. The number of thiazole rings is 1. The summed E-state index contributed by atoms with van der Waals surface area (Å²) in [4.78, 5) is 27.4. The smallest absolute Gasteiger partial charge is 0.318 e. The van der Waals surface area contributed by atoms with Crippen LogP contribution in [0.4, 0.5) is 4.79 Å². The van der Waals surface area contributed by atoms with E-state index in [9.17, 15) is 4.79 Å². The van der Waals surface area contributed by atoms with Crippen LogP contribution < -0.4 is 5.32 Å². The summed E-state index contributed by atoms with van der Waals surface area (Å²) in [6, 6.07) is 3.65. The lowest BCUT2D eigenvalue weighted by atomic mass is 10.2. The summed E-state index contributed by atoms with van der Waals surface area (Å²) in [6.45, 7) is 5.90. The molecule has 0 unspecified atom stereocenters. The zero-order valence-corrected chi connectivity index (χ0v) is 16.4. The van der Waals surface area contributed by atoms with Crippen molar-refractivity contribution in [2.75, 3.05) is 6.54 Å². The highest BCUT2D eigenvalue weighted by Gasteiger charge is 2.18. The number of pyridine rings is 1. The third kappa shape index (κ3) is 5.62. The summed E-state index contributed by atoms with van der Waals surface area (Å²) in [7, 11) is 0. The zero-order valence-electron chi connectivity index (χ0n) is 15.6. The van der Waals surface area contributed by atoms with E-state index < -0.39 is 0 Å². The highest BCUT2D eigenvalue weighted by Crippen LogP contribution is 2.18. The van der Waals surface area contributed by atoms with Crippen molar-refractivity contribution in [2.45, 2.75) is 39.4 Å². The van der Waals surface area contributed by atoms with Gasteiger partial charge in [-0.3, -0.25) is 4.98 Å². The van der Waals surface area contributed by atoms with Crippen molar-refractivity contribution < 1.29 is 4.79 Å². The Morgan fingerprint density at radius 3 is 2.93 bits per heavy atom. The standard InChI is InChI=1S/C19H24N6OS/c1-15-13-27-18(22-15)16(2)23-19(26)25(12-17-5-3-6-20-11-17)9-4-8-24-10-7-21-14-24/h3,5-7,10-11,13-14,16H,4,8-9,12H2,1-2H3,(H,23,26)/t16-/m0/s1. The van der Waals surface area contributed by atoms with Crippen LogP contribution in [0, 0.1) is 6.92 Å². The number of nitrogens with one attached hydrogen (secondary N) is 1. The van der Waals surface area contributed by atoms with Gasteiger partial charge in [0.2, 0.25) is 0 Å². The van der Waals surface area contributed by atoms with Crippen molar-refractivity contribution in [3.05, 3.63) is 64.9 Å². The van der Waals surface area contributed by atoms with Crippen molar-refractivity contribution in [3.8, 4) is 0 Å². The molecule has 142 valence electrons. The Kier molecular flexibility index (Phi) is 6.54. The van der Waals surface area contributed by atoms with E-state index in [-0.39, 0.29) is 12.1 Å². The van der Waals surface area contributed by atoms with Gasteiger partial charge in [-0.25, -0.2) is 14.8 Å². The Balaban J connectivity index is 1.62. The van der Waals surface area contributed by atoms with Crippen LogP contribution in [0.2, 0.25) is 0 Å². The van der Waals surface area contributed by atoms with E-state index in [4.69, 9.17) is 0 Å². The van der Waals surface area contributed by atoms with E-state index >= 15 is 0 Å². The Morgan fingerprint density at radius 2 is 2.26 bits per heavy atom. The summed E-state index contributed by atoms with van der Waals surface area (Å²) in [6.07, 6.45) is 9.85. The molecule has 3 heterocycles. The molecule has 0 aliphatic heterocycles. The molecule has 27 heavy (non-hydrogen) atoms. The van der Waals surface area contributed by atoms with E-state index in [0.29, 0.717) is 13.1 Å². The monoisotopic (exact) mass is 384 g/mol. The third-order valence-corrected chi connectivity index (χ3v) is 5.28. The van der Waals surface area contributed by atoms with Gasteiger partial charge in [-0.2, -0.15) is 0 Å². The predicted molar refractivity (Wildman–Crippen MR) is 105 cm³/mol. The predicted octanol–water partition coefficient (Wildman–Crippen LogP) is 3.41. The second kappa shape index (κ2) is 9.27. The summed E-state index contributed by atoms with van der Waals surface area (Å²) < 4.78 is 2.02. The molecule has 0 spiro atoms. The van der Waals surface area contributed by atoms with Gasteiger partial charge in [-0.05, 0) is 31.9 Å². The SMILES string of the molecule is Cc1csc([C@H](C)NC(=O)N(CCCn2ccnc2)Cc2cccnc2)n1. The summed E-state index contributed by atoms with van der Waals surface area (Å²) >= 11 is 1.57. The normalized spacial score (nSPS) is 11.9. The van der Waals surface area contributed by atoms with E-state index in [2.05, 4.69) is 20.3 Å². The second-order valence-electron chi connectivity index (χ2n) is 6.44. The molecule has 0 bridgehead atoms. The summed E-state index contributed by atoms with van der Waals surface area (Å²) in [5.41, 5.74) is 1.98. The number of amides is 2. The minimum Gasteiger partial charge on any atom is -0.337 e. The molecule has 0 aliphatic rings. The molecule has 0 aliphatic carbocycles. The van der Waals surface area contributed by atoms with Gasteiger partial charge in [0, 0.05) is 55.5 Å². The van der Waals surface area contributed by atoms with Gasteiger partial charge in [0.1, 0.15) is 5.01 Å². The number of rotatable bonds is 8. The number of aromatic nitrogens is 4. The maximum atomic E-state index is 12.9. The van der Waals surface area contributed by atoms with Gasteiger partial charge >= 0.3 is 6.03 Å². The topological polar surface area (TPSA) is 75.9 Å². The first-order valence-corrected chi connectivity index (χ1v) is 9.82.